The number of anilines is 1. The summed E-state index contributed by atoms with van der Waals surface area (Å²) < 4.78 is 16.4. The van der Waals surface area contributed by atoms with Crippen molar-refractivity contribution in [2.45, 2.75) is 6.10 Å². The molecule has 2 heterocycles. The molecule has 3 aromatic rings. The van der Waals surface area contributed by atoms with Crippen LogP contribution in [0, 0.1) is 0 Å². The number of fused-ring (bicyclic) bond motifs is 1. The fourth-order valence-corrected chi connectivity index (χ4v) is 3.28. The van der Waals surface area contributed by atoms with Crippen LogP contribution in [0.5, 0.6) is 17.2 Å². The van der Waals surface area contributed by atoms with Gasteiger partial charge >= 0.3 is 0 Å². The van der Waals surface area contributed by atoms with Crippen LogP contribution in [0.4, 0.5) is 5.13 Å². The Labute approximate surface area is 154 Å². The summed E-state index contributed by atoms with van der Waals surface area (Å²) in [6.07, 6.45) is -0.710. The number of methoxy groups -OCH3 is 1. The van der Waals surface area contributed by atoms with E-state index in [0.717, 1.165) is 17.0 Å². The fourth-order valence-electron chi connectivity index (χ4n) is 2.56. The quantitative estimate of drug-likeness (QED) is 0.762. The van der Waals surface area contributed by atoms with E-state index in [1.165, 1.54) is 11.3 Å². The first-order chi connectivity index (χ1) is 12.7. The van der Waals surface area contributed by atoms with E-state index in [9.17, 15) is 4.79 Å². The molecule has 0 saturated heterocycles. The van der Waals surface area contributed by atoms with Crippen LogP contribution in [0.2, 0.25) is 0 Å². The highest BCUT2D eigenvalue weighted by Crippen LogP contribution is 2.31. The van der Waals surface area contributed by atoms with Crippen molar-refractivity contribution in [1.29, 1.82) is 0 Å². The van der Waals surface area contributed by atoms with Gasteiger partial charge in [0.15, 0.2) is 16.6 Å². The van der Waals surface area contributed by atoms with Crippen molar-refractivity contribution in [3.8, 4) is 28.5 Å². The van der Waals surface area contributed by atoms with Crippen molar-refractivity contribution in [3.63, 3.8) is 0 Å². The van der Waals surface area contributed by atoms with Gasteiger partial charge in [-0.1, -0.05) is 12.1 Å². The third-order valence-corrected chi connectivity index (χ3v) is 4.68. The summed E-state index contributed by atoms with van der Waals surface area (Å²) in [4.78, 5) is 16.9. The number of thiazole rings is 1. The summed E-state index contributed by atoms with van der Waals surface area (Å²) in [5.41, 5.74) is 1.74. The number of nitrogens with zero attached hydrogens (tertiary/aromatic N) is 1. The molecule has 1 aromatic heterocycles. The second-order valence-corrected chi connectivity index (χ2v) is 6.48. The average molecular weight is 368 g/mol. The third-order valence-electron chi connectivity index (χ3n) is 3.92. The molecule has 4 rings (SSSR count). The highest BCUT2D eigenvalue weighted by Gasteiger charge is 2.27. The van der Waals surface area contributed by atoms with Crippen LogP contribution in [0.3, 0.4) is 0 Å². The Morgan fingerprint density at radius 3 is 2.73 bits per heavy atom. The molecule has 2 aromatic carbocycles. The minimum Gasteiger partial charge on any atom is -0.497 e. The highest BCUT2D eigenvalue weighted by atomic mass is 32.1. The van der Waals surface area contributed by atoms with Gasteiger partial charge in [0, 0.05) is 10.9 Å². The number of carbonyl (C=O) groups excluding carboxylic acids is 1. The average Bonchev–Trinajstić information content (AvgIpc) is 3.16. The molecule has 1 unspecified atom stereocenters. The maximum Gasteiger partial charge on any atom is 0.270 e. The van der Waals surface area contributed by atoms with Gasteiger partial charge in [-0.2, -0.15) is 0 Å². The molecule has 1 N–H and O–H groups in total. The van der Waals surface area contributed by atoms with Crippen molar-refractivity contribution in [2.75, 3.05) is 19.0 Å². The van der Waals surface area contributed by atoms with E-state index in [0.29, 0.717) is 16.6 Å². The summed E-state index contributed by atoms with van der Waals surface area (Å²) in [6, 6.07) is 14.9. The maximum absolute atomic E-state index is 12.4. The Morgan fingerprint density at radius 2 is 1.96 bits per heavy atom. The number of hydrogen-bond donors (Lipinski definition) is 1. The van der Waals surface area contributed by atoms with E-state index < -0.39 is 6.10 Å². The van der Waals surface area contributed by atoms with Crippen molar-refractivity contribution in [3.05, 3.63) is 53.9 Å². The van der Waals surface area contributed by atoms with E-state index >= 15 is 0 Å². The summed E-state index contributed by atoms with van der Waals surface area (Å²) >= 11 is 1.36. The molecule has 7 heteroatoms. The van der Waals surface area contributed by atoms with E-state index in [1.807, 2.05) is 47.8 Å². The van der Waals surface area contributed by atoms with Gasteiger partial charge in [-0.15, -0.1) is 11.3 Å². The lowest BCUT2D eigenvalue weighted by Crippen LogP contribution is -2.40. The molecule has 0 aliphatic carbocycles. The van der Waals surface area contributed by atoms with Gasteiger partial charge in [0.1, 0.15) is 12.4 Å². The highest BCUT2D eigenvalue weighted by molar-refractivity contribution is 7.14. The Bertz CT molecular complexity index is 923. The molecule has 0 fully saturated rings. The Hall–Kier alpha value is -3.06. The van der Waals surface area contributed by atoms with Crippen LogP contribution in [0.25, 0.3) is 11.3 Å². The van der Waals surface area contributed by atoms with Crippen LogP contribution in [0.1, 0.15) is 0 Å². The topological polar surface area (TPSA) is 69.7 Å². The predicted octanol–water partition coefficient (Wildman–Crippen LogP) is 3.60. The monoisotopic (exact) mass is 368 g/mol. The smallest absolute Gasteiger partial charge is 0.270 e. The zero-order valence-electron chi connectivity index (χ0n) is 14.0. The van der Waals surface area contributed by atoms with Gasteiger partial charge in [0.05, 0.1) is 12.8 Å². The minimum atomic E-state index is -0.710. The van der Waals surface area contributed by atoms with E-state index in [-0.39, 0.29) is 12.5 Å². The summed E-state index contributed by atoms with van der Waals surface area (Å²) in [5.74, 6) is 1.71. The molecule has 1 aliphatic heterocycles. The summed E-state index contributed by atoms with van der Waals surface area (Å²) in [7, 11) is 1.63. The zero-order chi connectivity index (χ0) is 17.9. The minimum absolute atomic E-state index is 0.166. The van der Waals surface area contributed by atoms with E-state index in [4.69, 9.17) is 14.2 Å². The number of nitrogens with one attached hydrogen (secondary N) is 1. The van der Waals surface area contributed by atoms with Crippen molar-refractivity contribution >= 4 is 22.4 Å². The standard InChI is InChI=1S/C19H16N2O4S/c1-23-13-8-6-12(7-9-13)14-11-26-19(20-14)21-18(22)17-10-24-15-4-2-3-5-16(15)25-17/h2-9,11,17H,10H2,1H3,(H,20,21,22). The van der Waals surface area contributed by atoms with Gasteiger partial charge in [0.25, 0.3) is 5.91 Å². The molecule has 6 nitrogen and oxygen atoms in total. The second kappa shape index (κ2) is 7.05. The van der Waals surface area contributed by atoms with Gasteiger partial charge < -0.3 is 14.2 Å². The zero-order valence-corrected chi connectivity index (χ0v) is 14.8. The number of aromatic nitrogens is 1. The molecule has 0 radical (unpaired) electrons. The van der Waals surface area contributed by atoms with Gasteiger partial charge in [0.2, 0.25) is 6.10 Å². The largest absolute Gasteiger partial charge is 0.497 e. The second-order valence-electron chi connectivity index (χ2n) is 5.62. The Morgan fingerprint density at radius 1 is 1.19 bits per heavy atom. The number of rotatable bonds is 4. The molecule has 0 saturated carbocycles. The van der Waals surface area contributed by atoms with E-state index in [2.05, 4.69) is 10.3 Å². The number of ether oxygens (including phenoxy) is 3. The summed E-state index contributed by atoms with van der Waals surface area (Å²) in [6.45, 7) is 0.166. The van der Waals surface area contributed by atoms with Crippen molar-refractivity contribution in [2.24, 2.45) is 0 Å². The van der Waals surface area contributed by atoms with Gasteiger partial charge in [-0.05, 0) is 36.4 Å². The maximum atomic E-state index is 12.4. The van der Waals surface area contributed by atoms with Crippen molar-refractivity contribution < 1.29 is 19.0 Å². The van der Waals surface area contributed by atoms with Gasteiger partial charge in [-0.25, -0.2) is 4.98 Å². The predicted molar refractivity (Wildman–Crippen MR) is 99.1 cm³/mol. The van der Waals surface area contributed by atoms with Gasteiger partial charge in [-0.3, -0.25) is 10.1 Å². The van der Waals surface area contributed by atoms with Crippen LogP contribution in [-0.4, -0.2) is 30.7 Å². The molecular formula is C19H16N2O4S. The van der Waals surface area contributed by atoms with Crippen LogP contribution in [0.15, 0.2) is 53.9 Å². The molecule has 132 valence electrons. The van der Waals surface area contributed by atoms with Crippen LogP contribution >= 0.6 is 11.3 Å². The number of para-hydroxylation sites is 2. The van der Waals surface area contributed by atoms with E-state index in [1.54, 1.807) is 13.2 Å². The lowest BCUT2D eigenvalue weighted by Gasteiger charge is -2.25. The lowest BCUT2D eigenvalue weighted by molar-refractivity contribution is -0.125. The molecule has 1 atom stereocenters. The fraction of sp³-hybridized carbons (Fsp3) is 0.158. The Kier molecular flexibility index (Phi) is 4.45. The molecule has 1 amide bonds. The van der Waals surface area contributed by atoms with Crippen LogP contribution < -0.4 is 19.5 Å². The normalized spacial score (nSPS) is 15.3. The lowest BCUT2D eigenvalue weighted by atomic mass is 10.2. The first kappa shape index (κ1) is 16.4. The third kappa shape index (κ3) is 3.34. The number of benzene rings is 2. The Balaban J connectivity index is 1.43. The number of amides is 1. The first-order valence-electron chi connectivity index (χ1n) is 8.02. The van der Waals surface area contributed by atoms with Crippen LogP contribution in [-0.2, 0) is 4.79 Å². The molecular weight excluding hydrogens is 352 g/mol. The molecule has 26 heavy (non-hydrogen) atoms. The number of carbonyl (C=O) groups is 1. The number of hydrogen-bond acceptors (Lipinski definition) is 6. The molecule has 1 aliphatic rings. The molecule has 0 spiro atoms. The SMILES string of the molecule is COc1ccc(-c2csc(NC(=O)C3COc4ccccc4O3)n2)cc1. The summed E-state index contributed by atoms with van der Waals surface area (Å²) in [5, 5.41) is 5.20. The van der Waals surface area contributed by atoms with Crippen molar-refractivity contribution in [1.82, 2.24) is 4.98 Å². The first-order valence-corrected chi connectivity index (χ1v) is 8.90. The molecule has 0 bridgehead atoms.